The van der Waals surface area contributed by atoms with Crippen LogP contribution >= 0.6 is 35.3 Å². The number of amides is 1. The predicted molar refractivity (Wildman–Crippen MR) is 110 cm³/mol. The number of fused-ring (bicyclic) bond motifs is 1. The van der Waals surface area contributed by atoms with E-state index >= 15 is 0 Å². The van der Waals surface area contributed by atoms with Gasteiger partial charge in [0.1, 0.15) is 0 Å². The smallest absolute Gasteiger partial charge is 0.295 e. The summed E-state index contributed by atoms with van der Waals surface area (Å²) in [6, 6.07) is 7.17. The summed E-state index contributed by atoms with van der Waals surface area (Å²) >= 11 is 7.63. The average Bonchev–Trinajstić information content (AvgIpc) is 3.20. The molecule has 0 aliphatic rings. The summed E-state index contributed by atoms with van der Waals surface area (Å²) in [6.45, 7) is 3.43. The lowest BCUT2D eigenvalue weighted by atomic mass is 10.2. The Hall–Kier alpha value is -1.60. The van der Waals surface area contributed by atoms with E-state index in [4.69, 9.17) is 21.0 Å². The van der Waals surface area contributed by atoms with Crippen molar-refractivity contribution in [1.82, 2.24) is 9.88 Å². The van der Waals surface area contributed by atoms with E-state index in [-0.39, 0.29) is 18.3 Å². The topological polar surface area (TPSA) is 49.6 Å². The third kappa shape index (κ3) is 4.57. The summed E-state index contributed by atoms with van der Waals surface area (Å²) in [7, 11) is 4.03. The number of benzene rings is 1. The van der Waals surface area contributed by atoms with Gasteiger partial charge in [-0.25, -0.2) is 4.98 Å². The van der Waals surface area contributed by atoms with Gasteiger partial charge >= 0.3 is 0 Å². The number of nitrogens with zero attached hydrogens (tertiary/aromatic N) is 3. The van der Waals surface area contributed by atoms with Crippen LogP contribution in [-0.2, 0) is 0 Å². The maximum absolute atomic E-state index is 12.9. The number of carbonyl (C=O) groups is 1. The third-order valence-corrected chi connectivity index (χ3v) is 5.08. The number of halogens is 2. The second-order valence-electron chi connectivity index (χ2n) is 6.16. The number of thiazole rings is 1. The molecule has 0 N–H and O–H groups in total. The fraction of sp³-hybridized carbons (Fsp3) is 0.333. The molecule has 0 atom stereocenters. The van der Waals surface area contributed by atoms with Crippen LogP contribution in [0.5, 0.6) is 0 Å². The second kappa shape index (κ2) is 8.86. The average molecular weight is 414 g/mol. The number of rotatable bonds is 6. The first-order valence-corrected chi connectivity index (χ1v) is 9.22. The summed E-state index contributed by atoms with van der Waals surface area (Å²) in [5, 5.41) is 1.34. The molecule has 0 saturated carbocycles. The second-order valence-corrected chi connectivity index (χ2v) is 7.60. The Morgan fingerprint density at radius 3 is 2.73 bits per heavy atom. The summed E-state index contributed by atoms with van der Waals surface area (Å²) in [6.07, 6.45) is 2.35. The zero-order valence-corrected chi connectivity index (χ0v) is 17.2. The maximum Gasteiger partial charge on any atom is 0.295 e. The molecule has 2 aromatic heterocycles. The SMILES string of the molecule is Cc1cc(Cl)cc2sc(N(CCCN(C)C)C(=O)c3ccco3)nc12.Cl. The van der Waals surface area contributed by atoms with E-state index in [2.05, 4.69) is 4.90 Å². The van der Waals surface area contributed by atoms with E-state index < -0.39 is 0 Å². The first-order valence-electron chi connectivity index (χ1n) is 8.02. The highest BCUT2D eigenvalue weighted by molar-refractivity contribution is 7.22. The van der Waals surface area contributed by atoms with Crippen molar-refractivity contribution in [2.24, 2.45) is 0 Å². The van der Waals surface area contributed by atoms with Gasteiger partial charge in [0.05, 0.1) is 16.5 Å². The fourth-order valence-electron chi connectivity index (χ4n) is 2.62. The van der Waals surface area contributed by atoms with E-state index in [1.807, 2.05) is 33.2 Å². The first-order chi connectivity index (χ1) is 12.0. The van der Waals surface area contributed by atoms with Gasteiger partial charge < -0.3 is 9.32 Å². The largest absolute Gasteiger partial charge is 0.459 e. The van der Waals surface area contributed by atoms with Gasteiger partial charge in [-0.15, -0.1) is 12.4 Å². The van der Waals surface area contributed by atoms with Gasteiger partial charge in [-0.3, -0.25) is 9.69 Å². The van der Waals surface area contributed by atoms with Crippen molar-refractivity contribution in [2.75, 3.05) is 32.1 Å². The van der Waals surface area contributed by atoms with Crippen molar-refractivity contribution in [1.29, 1.82) is 0 Å². The molecule has 0 fully saturated rings. The van der Waals surface area contributed by atoms with E-state index in [0.717, 1.165) is 28.7 Å². The van der Waals surface area contributed by atoms with Gasteiger partial charge in [0.2, 0.25) is 0 Å². The molecule has 3 aromatic rings. The molecular formula is C18H21Cl2N3O2S. The number of furan rings is 1. The Balaban J connectivity index is 0.00000243. The zero-order valence-electron chi connectivity index (χ0n) is 14.9. The minimum atomic E-state index is -0.174. The Morgan fingerprint density at radius 1 is 1.31 bits per heavy atom. The van der Waals surface area contributed by atoms with Crippen molar-refractivity contribution in [3.05, 3.63) is 46.9 Å². The number of anilines is 1. The standard InChI is InChI=1S/C18H20ClN3O2S.ClH/c1-12-10-13(19)11-15-16(12)20-18(25-15)22(8-5-7-21(2)3)17(23)14-6-4-9-24-14;/h4,6,9-11H,5,7-8H2,1-3H3;1H. The molecule has 26 heavy (non-hydrogen) atoms. The van der Waals surface area contributed by atoms with Crippen molar-refractivity contribution in [3.63, 3.8) is 0 Å². The van der Waals surface area contributed by atoms with Crippen LogP contribution in [0.4, 0.5) is 5.13 Å². The van der Waals surface area contributed by atoms with E-state index in [1.165, 1.54) is 17.6 Å². The number of carbonyl (C=O) groups excluding carboxylic acids is 1. The molecule has 1 amide bonds. The number of hydrogen-bond donors (Lipinski definition) is 0. The third-order valence-electron chi connectivity index (χ3n) is 3.83. The lowest BCUT2D eigenvalue weighted by molar-refractivity contribution is 0.0959. The van der Waals surface area contributed by atoms with Crippen LogP contribution in [0.15, 0.2) is 34.9 Å². The lowest BCUT2D eigenvalue weighted by Gasteiger charge is -2.19. The van der Waals surface area contributed by atoms with Crippen molar-refractivity contribution in [3.8, 4) is 0 Å². The Morgan fingerprint density at radius 2 is 2.08 bits per heavy atom. The van der Waals surface area contributed by atoms with Gasteiger partial charge in [0, 0.05) is 11.6 Å². The minimum Gasteiger partial charge on any atom is -0.459 e. The normalized spacial score (nSPS) is 11.0. The quantitative estimate of drug-likeness (QED) is 0.578. The van der Waals surface area contributed by atoms with Crippen LogP contribution in [0.3, 0.4) is 0 Å². The molecule has 0 unspecified atom stereocenters. The molecule has 140 valence electrons. The zero-order chi connectivity index (χ0) is 18.0. The van der Waals surface area contributed by atoms with Crippen LogP contribution < -0.4 is 4.90 Å². The van der Waals surface area contributed by atoms with Crippen molar-refractivity contribution in [2.45, 2.75) is 13.3 Å². The van der Waals surface area contributed by atoms with E-state index in [0.29, 0.717) is 22.5 Å². The lowest BCUT2D eigenvalue weighted by Crippen LogP contribution is -2.33. The molecular weight excluding hydrogens is 393 g/mol. The Labute approximate surface area is 168 Å². The summed E-state index contributed by atoms with van der Waals surface area (Å²) in [5.41, 5.74) is 1.89. The summed E-state index contributed by atoms with van der Waals surface area (Å²) in [4.78, 5) is 21.4. The van der Waals surface area contributed by atoms with Gasteiger partial charge in [-0.05, 0) is 63.8 Å². The number of hydrogen-bond acceptors (Lipinski definition) is 5. The molecule has 0 radical (unpaired) electrons. The Kier molecular flexibility index (Phi) is 7.06. The highest BCUT2D eigenvalue weighted by Gasteiger charge is 2.23. The maximum atomic E-state index is 12.9. The molecule has 5 nitrogen and oxygen atoms in total. The van der Waals surface area contributed by atoms with Crippen LogP contribution in [0.1, 0.15) is 22.5 Å². The molecule has 8 heteroatoms. The van der Waals surface area contributed by atoms with Gasteiger partial charge in [-0.2, -0.15) is 0 Å². The molecule has 3 rings (SSSR count). The van der Waals surface area contributed by atoms with Crippen LogP contribution in [0, 0.1) is 6.92 Å². The molecule has 0 bridgehead atoms. The van der Waals surface area contributed by atoms with Crippen LogP contribution in [0.2, 0.25) is 5.02 Å². The monoisotopic (exact) mass is 413 g/mol. The van der Waals surface area contributed by atoms with Gasteiger partial charge in [-0.1, -0.05) is 22.9 Å². The van der Waals surface area contributed by atoms with Gasteiger partial charge in [0.15, 0.2) is 10.9 Å². The minimum absolute atomic E-state index is 0. The number of aromatic nitrogens is 1. The van der Waals surface area contributed by atoms with Crippen LogP contribution in [0.25, 0.3) is 10.2 Å². The first kappa shape index (κ1) is 20.7. The van der Waals surface area contributed by atoms with Crippen LogP contribution in [-0.4, -0.2) is 43.0 Å². The fourth-order valence-corrected chi connectivity index (χ4v) is 4.07. The van der Waals surface area contributed by atoms with Crippen molar-refractivity contribution < 1.29 is 9.21 Å². The van der Waals surface area contributed by atoms with Gasteiger partial charge in [0.25, 0.3) is 5.91 Å². The van der Waals surface area contributed by atoms with E-state index in [1.54, 1.807) is 17.0 Å². The molecule has 1 aromatic carbocycles. The number of aryl methyl sites for hydroxylation is 1. The predicted octanol–water partition coefficient (Wildman–Crippen LogP) is 4.87. The molecule has 0 spiro atoms. The highest BCUT2D eigenvalue weighted by Crippen LogP contribution is 2.33. The Bertz CT molecular complexity index is 878. The summed E-state index contributed by atoms with van der Waals surface area (Å²) < 4.78 is 6.27. The molecule has 0 aliphatic heterocycles. The highest BCUT2D eigenvalue weighted by atomic mass is 35.5. The molecule has 2 heterocycles. The molecule has 0 saturated heterocycles. The van der Waals surface area contributed by atoms with E-state index in [9.17, 15) is 4.79 Å². The molecule has 0 aliphatic carbocycles. The van der Waals surface area contributed by atoms with Crippen molar-refractivity contribution >= 4 is 56.6 Å². The summed E-state index contributed by atoms with van der Waals surface area (Å²) in [5.74, 6) is 0.144.